The highest BCUT2D eigenvalue weighted by Crippen LogP contribution is 2.33. The molecule has 0 bridgehead atoms. The molecule has 1 saturated heterocycles. The molecule has 2 aliphatic rings. The van der Waals surface area contributed by atoms with E-state index in [1.807, 2.05) is 38.1 Å². The summed E-state index contributed by atoms with van der Waals surface area (Å²) >= 11 is 0. The number of fused-ring (bicyclic) bond motifs is 1. The maximum Gasteiger partial charge on any atom is 0.263 e. The molecule has 168 valence electrons. The van der Waals surface area contributed by atoms with E-state index in [1.54, 1.807) is 0 Å². The molecule has 1 fully saturated rings. The number of aromatic nitrogens is 2. The summed E-state index contributed by atoms with van der Waals surface area (Å²) in [5, 5.41) is 13.3. The summed E-state index contributed by atoms with van der Waals surface area (Å²) < 4.78 is 24.2. The highest BCUT2D eigenvalue weighted by atomic mass is 19.1. The van der Waals surface area contributed by atoms with Gasteiger partial charge in [-0.1, -0.05) is 10.4 Å². The van der Waals surface area contributed by atoms with Crippen molar-refractivity contribution in [1.29, 1.82) is 0 Å². The number of amides is 2. The average molecular weight is 450 g/mol. The van der Waals surface area contributed by atoms with Crippen molar-refractivity contribution in [2.75, 3.05) is 4.90 Å². The van der Waals surface area contributed by atoms with Crippen molar-refractivity contribution in [1.82, 2.24) is 15.1 Å². The average Bonchev–Trinajstić information content (AvgIpc) is 3.48. The fraction of sp³-hybridized carbons (Fsp3) is 0.273. The number of carbonyl (C=O) groups is 2. The molecule has 11 heteroatoms. The van der Waals surface area contributed by atoms with Crippen LogP contribution in [0.4, 0.5) is 10.1 Å². The predicted molar refractivity (Wildman–Crippen MR) is 112 cm³/mol. The molecule has 10 nitrogen and oxygen atoms in total. The molecule has 2 aliphatic heterocycles. The zero-order chi connectivity index (χ0) is 23.1. The van der Waals surface area contributed by atoms with Crippen LogP contribution in [-0.2, 0) is 16.1 Å². The Balaban J connectivity index is 1.31. The molecule has 0 N–H and O–H groups in total. The van der Waals surface area contributed by atoms with Crippen LogP contribution in [0.2, 0.25) is 0 Å². The summed E-state index contributed by atoms with van der Waals surface area (Å²) in [5.74, 6) is -0.159. The molecule has 33 heavy (non-hydrogen) atoms. The summed E-state index contributed by atoms with van der Waals surface area (Å²) in [6, 6.07) is 10.5. The topological polar surface area (TPSA) is 113 Å². The molecule has 0 saturated carbocycles. The molecule has 2 amide bonds. The van der Waals surface area contributed by atoms with Gasteiger partial charge < -0.3 is 9.26 Å². The molecule has 2 atom stereocenters. The highest BCUT2D eigenvalue weighted by molar-refractivity contribution is 6.25. The quantitative estimate of drug-likeness (QED) is 0.530. The number of carbonyl (C=O) groups excluding carboxylic acids is 2. The molecule has 0 spiro atoms. The Hall–Kier alpha value is -4.15. The van der Waals surface area contributed by atoms with Crippen LogP contribution in [0.5, 0.6) is 5.75 Å². The lowest BCUT2D eigenvalue weighted by atomic mass is 10.1. The van der Waals surface area contributed by atoms with Crippen LogP contribution in [0, 0.1) is 5.82 Å². The molecular formula is C22H19FN6O4. The first kappa shape index (κ1) is 20.7. The van der Waals surface area contributed by atoms with Crippen LogP contribution in [-0.4, -0.2) is 45.2 Å². The summed E-state index contributed by atoms with van der Waals surface area (Å²) in [6.07, 6.45) is 0.0650. The molecule has 5 rings (SSSR count). The maximum absolute atomic E-state index is 13.2. The van der Waals surface area contributed by atoms with Crippen molar-refractivity contribution >= 4 is 17.5 Å². The van der Waals surface area contributed by atoms with Crippen molar-refractivity contribution in [3.05, 3.63) is 60.2 Å². The lowest BCUT2D eigenvalue weighted by molar-refractivity contribution is -0.123. The molecule has 0 unspecified atom stereocenters. The lowest BCUT2D eigenvalue weighted by Crippen LogP contribution is -2.39. The van der Waals surface area contributed by atoms with Crippen molar-refractivity contribution in [2.45, 2.75) is 38.6 Å². The van der Waals surface area contributed by atoms with Gasteiger partial charge in [-0.25, -0.2) is 9.29 Å². The predicted octanol–water partition coefficient (Wildman–Crippen LogP) is 3.16. The van der Waals surface area contributed by atoms with Crippen LogP contribution < -0.4 is 9.64 Å². The molecule has 2 aromatic carbocycles. The summed E-state index contributed by atoms with van der Waals surface area (Å²) in [4.78, 5) is 31.1. The minimum absolute atomic E-state index is 0.00247. The van der Waals surface area contributed by atoms with Gasteiger partial charge in [0.25, 0.3) is 11.8 Å². The van der Waals surface area contributed by atoms with Gasteiger partial charge in [0.2, 0.25) is 11.7 Å². The smallest absolute Gasteiger partial charge is 0.263 e. The van der Waals surface area contributed by atoms with Crippen LogP contribution >= 0.6 is 0 Å². The summed E-state index contributed by atoms with van der Waals surface area (Å²) in [7, 11) is 0. The number of anilines is 1. The van der Waals surface area contributed by atoms with Crippen molar-refractivity contribution in [3.8, 4) is 17.1 Å². The number of halogens is 1. The van der Waals surface area contributed by atoms with Gasteiger partial charge in [0.15, 0.2) is 12.1 Å². The van der Waals surface area contributed by atoms with Crippen LogP contribution in [0.3, 0.4) is 0 Å². The van der Waals surface area contributed by atoms with Crippen LogP contribution in [0.25, 0.3) is 11.4 Å². The van der Waals surface area contributed by atoms with E-state index in [-0.39, 0.29) is 24.2 Å². The Morgan fingerprint density at radius 2 is 1.79 bits per heavy atom. The second-order valence-electron chi connectivity index (χ2n) is 7.88. The Labute approximate surface area is 187 Å². The second-order valence-corrected chi connectivity index (χ2v) is 7.88. The highest BCUT2D eigenvalue weighted by Gasteiger charge is 2.55. The van der Waals surface area contributed by atoms with Crippen molar-refractivity contribution in [2.24, 2.45) is 10.3 Å². The van der Waals surface area contributed by atoms with Crippen LogP contribution in [0.1, 0.15) is 19.7 Å². The third-order valence-corrected chi connectivity index (χ3v) is 5.19. The van der Waals surface area contributed by atoms with E-state index in [4.69, 9.17) is 9.26 Å². The Bertz CT molecular complexity index is 1220. The molecular weight excluding hydrogens is 431 g/mol. The van der Waals surface area contributed by atoms with E-state index in [1.165, 1.54) is 29.3 Å². The Morgan fingerprint density at radius 3 is 2.48 bits per heavy atom. The largest absolute Gasteiger partial charge is 0.491 e. The minimum Gasteiger partial charge on any atom is -0.491 e. The molecule has 3 heterocycles. The van der Waals surface area contributed by atoms with E-state index >= 15 is 0 Å². The zero-order valence-corrected chi connectivity index (χ0v) is 17.8. The minimum atomic E-state index is -0.974. The van der Waals surface area contributed by atoms with Crippen LogP contribution in [0.15, 0.2) is 63.4 Å². The van der Waals surface area contributed by atoms with Gasteiger partial charge in [-0.15, -0.1) is 0 Å². The van der Waals surface area contributed by atoms with Crippen molar-refractivity contribution in [3.63, 3.8) is 0 Å². The molecule has 1 aromatic heterocycles. The monoisotopic (exact) mass is 450 g/mol. The third kappa shape index (κ3) is 3.81. The van der Waals surface area contributed by atoms with E-state index in [2.05, 4.69) is 20.5 Å². The summed E-state index contributed by atoms with van der Waals surface area (Å²) in [5.41, 5.74) is 1.01. The van der Waals surface area contributed by atoms with Gasteiger partial charge in [-0.3, -0.25) is 14.6 Å². The van der Waals surface area contributed by atoms with Gasteiger partial charge in [0.05, 0.1) is 11.8 Å². The third-order valence-electron chi connectivity index (χ3n) is 5.19. The molecule has 0 radical (unpaired) electrons. The normalized spacial score (nSPS) is 19.6. The lowest BCUT2D eigenvalue weighted by Gasteiger charge is -2.19. The number of hydrogen-bond donors (Lipinski definition) is 0. The number of benzene rings is 2. The zero-order valence-electron chi connectivity index (χ0n) is 17.8. The number of hydrogen-bond acceptors (Lipinski definition) is 9. The van der Waals surface area contributed by atoms with Gasteiger partial charge in [-0.2, -0.15) is 10.1 Å². The standard InChI is InChI=1S/C22H19FN6O4/c1-12(2)32-16-9-3-13(4-10-16)20-24-17(33-26-20)11-28-19-18(25-27-28)21(30)29(22(19)31)15-7-5-14(23)6-8-15/h3-10,12,18-19H,11H2,1-2H3/t18-,19+/m1/s1. The van der Waals surface area contributed by atoms with Gasteiger partial charge in [-0.05, 0) is 62.4 Å². The number of rotatable bonds is 6. The van der Waals surface area contributed by atoms with Gasteiger partial charge in [0.1, 0.15) is 18.1 Å². The van der Waals surface area contributed by atoms with E-state index < -0.39 is 29.7 Å². The first-order valence-electron chi connectivity index (χ1n) is 10.3. The number of ether oxygens (including phenoxy) is 1. The first-order valence-corrected chi connectivity index (χ1v) is 10.3. The first-order chi connectivity index (χ1) is 15.9. The Kier molecular flexibility index (Phi) is 5.08. The van der Waals surface area contributed by atoms with E-state index in [9.17, 15) is 14.0 Å². The van der Waals surface area contributed by atoms with Gasteiger partial charge >= 0.3 is 0 Å². The molecule has 3 aromatic rings. The fourth-order valence-corrected chi connectivity index (χ4v) is 3.73. The second kappa shape index (κ2) is 8.08. The van der Waals surface area contributed by atoms with Crippen molar-refractivity contribution < 1.29 is 23.2 Å². The molecule has 0 aliphatic carbocycles. The number of imide groups is 1. The summed E-state index contributed by atoms with van der Waals surface area (Å²) in [6.45, 7) is 3.89. The van der Waals surface area contributed by atoms with Gasteiger partial charge in [0, 0.05) is 5.56 Å². The van der Waals surface area contributed by atoms with E-state index in [0.29, 0.717) is 5.82 Å². The fourth-order valence-electron chi connectivity index (χ4n) is 3.73. The van der Waals surface area contributed by atoms with E-state index in [0.717, 1.165) is 16.2 Å². The Morgan fingerprint density at radius 1 is 1.06 bits per heavy atom. The number of nitrogens with zero attached hydrogens (tertiary/aromatic N) is 6. The SMILES string of the molecule is CC(C)Oc1ccc(-c2noc(CN3N=N[C@H]4C(=O)N(c5ccc(F)cc5)C(=O)[C@H]43)n2)cc1. The maximum atomic E-state index is 13.2.